The van der Waals surface area contributed by atoms with Crippen molar-refractivity contribution in [2.45, 2.75) is 25.7 Å². The summed E-state index contributed by atoms with van der Waals surface area (Å²) >= 11 is 3.09. The standard InChI is InChI=1S/C9H17BrF2N2O2S/c10-4-7-14(8-9(11)12)17(15,16)13-5-2-1-3-6-13/h9H,1-8H2. The summed E-state index contributed by atoms with van der Waals surface area (Å²) in [5, 5.41) is 0.354. The fraction of sp³-hybridized carbons (Fsp3) is 1.00. The largest absolute Gasteiger partial charge is 0.282 e. The summed E-state index contributed by atoms with van der Waals surface area (Å²) in [6.07, 6.45) is -0.0422. The van der Waals surface area contributed by atoms with Crippen molar-refractivity contribution in [1.82, 2.24) is 8.61 Å². The Kier molecular flexibility index (Phi) is 6.25. The van der Waals surface area contributed by atoms with Crippen molar-refractivity contribution < 1.29 is 17.2 Å². The number of alkyl halides is 3. The Morgan fingerprint density at radius 2 is 1.82 bits per heavy atom. The second-order valence-electron chi connectivity index (χ2n) is 3.91. The molecule has 0 unspecified atom stereocenters. The fourth-order valence-corrected chi connectivity index (χ4v) is 4.14. The van der Waals surface area contributed by atoms with Gasteiger partial charge >= 0.3 is 0 Å². The van der Waals surface area contributed by atoms with E-state index in [9.17, 15) is 17.2 Å². The molecule has 0 aromatic carbocycles. The molecule has 1 aliphatic heterocycles. The molecule has 0 aromatic rings. The zero-order valence-corrected chi connectivity index (χ0v) is 11.9. The first-order valence-electron chi connectivity index (χ1n) is 5.58. The maximum absolute atomic E-state index is 12.4. The van der Waals surface area contributed by atoms with Gasteiger partial charge in [-0.25, -0.2) is 8.78 Å². The van der Waals surface area contributed by atoms with Gasteiger partial charge in [-0.2, -0.15) is 17.0 Å². The minimum atomic E-state index is -3.72. The van der Waals surface area contributed by atoms with Gasteiger partial charge in [0.1, 0.15) is 0 Å². The minimum absolute atomic E-state index is 0.0726. The van der Waals surface area contributed by atoms with Crippen LogP contribution in [0.25, 0.3) is 0 Å². The molecule has 0 N–H and O–H groups in total. The summed E-state index contributed by atoms with van der Waals surface area (Å²) in [5.74, 6) is 0. The van der Waals surface area contributed by atoms with Crippen molar-refractivity contribution in [2.75, 3.05) is 31.5 Å². The van der Waals surface area contributed by atoms with E-state index in [4.69, 9.17) is 0 Å². The minimum Gasteiger partial charge on any atom is -0.209 e. The molecule has 0 radical (unpaired) electrons. The molecule has 1 fully saturated rings. The van der Waals surface area contributed by atoms with Crippen LogP contribution in [0.3, 0.4) is 0 Å². The van der Waals surface area contributed by atoms with Crippen molar-refractivity contribution in [2.24, 2.45) is 0 Å². The summed E-state index contributed by atoms with van der Waals surface area (Å²) in [4.78, 5) is 0. The molecule has 0 atom stereocenters. The fourth-order valence-electron chi connectivity index (χ4n) is 1.81. The van der Waals surface area contributed by atoms with Gasteiger partial charge in [-0.15, -0.1) is 0 Å². The lowest BCUT2D eigenvalue weighted by molar-refractivity contribution is 0.118. The lowest BCUT2D eigenvalue weighted by Gasteiger charge is -2.31. The van der Waals surface area contributed by atoms with Gasteiger partial charge in [0, 0.05) is 25.0 Å². The van der Waals surface area contributed by atoms with Crippen LogP contribution in [0.15, 0.2) is 0 Å². The van der Waals surface area contributed by atoms with Gasteiger partial charge in [-0.3, -0.25) is 0 Å². The first-order valence-corrected chi connectivity index (χ1v) is 8.09. The quantitative estimate of drug-likeness (QED) is 0.693. The SMILES string of the molecule is O=S(=O)(N1CCCCC1)N(CCBr)CC(F)F. The molecule has 0 amide bonds. The molecule has 102 valence electrons. The van der Waals surface area contributed by atoms with E-state index >= 15 is 0 Å². The number of nitrogens with zero attached hydrogens (tertiary/aromatic N) is 2. The van der Waals surface area contributed by atoms with Crippen LogP contribution in [-0.2, 0) is 10.2 Å². The number of hydrogen-bond acceptors (Lipinski definition) is 2. The van der Waals surface area contributed by atoms with Crippen LogP contribution < -0.4 is 0 Å². The highest BCUT2D eigenvalue weighted by Crippen LogP contribution is 2.17. The van der Waals surface area contributed by atoms with Gasteiger partial charge in [0.15, 0.2) is 0 Å². The van der Waals surface area contributed by atoms with Gasteiger partial charge in [0.25, 0.3) is 16.6 Å². The predicted molar refractivity (Wildman–Crippen MR) is 65.7 cm³/mol. The third-order valence-corrected chi connectivity index (χ3v) is 5.00. The molecule has 1 heterocycles. The highest BCUT2D eigenvalue weighted by atomic mass is 79.9. The third-order valence-electron chi connectivity index (χ3n) is 2.64. The van der Waals surface area contributed by atoms with Crippen LogP contribution in [0.2, 0.25) is 0 Å². The Morgan fingerprint density at radius 1 is 1.24 bits per heavy atom. The van der Waals surface area contributed by atoms with E-state index in [0.29, 0.717) is 18.4 Å². The van der Waals surface area contributed by atoms with Crippen LogP contribution in [0, 0.1) is 0 Å². The topological polar surface area (TPSA) is 40.6 Å². The first-order chi connectivity index (χ1) is 7.98. The monoisotopic (exact) mass is 334 g/mol. The van der Waals surface area contributed by atoms with Crippen molar-refractivity contribution in [3.05, 3.63) is 0 Å². The molecule has 0 saturated carbocycles. The summed E-state index contributed by atoms with van der Waals surface area (Å²) < 4.78 is 51.1. The van der Waals surface area contributed by atoms with Crippen molar-refractivity contribution >= 4 is 26.1 Å². The second kappa shape index (κ2) is 6.96. The lowest BCUT2D eigenvalue weighted by atomic mass is 10.2. The summed E-state index contributed by atoms with van der Waals surface area (Å²) in [7, 11) is -3.72. The molecular weight excluding hydrogens is 318 g/mol. The van der Waals surface area contributed by atoms with E-state index in [1.807, 2.05) is 0 Å². The number of rotatable bonds is 6. The molecule has 1 rings (SSSR count). The van der Waals surface area contributed by atoms with Crippen LogP contribution in [0.5, 0.6) is 0 Å². The number of piperidine rings is 1. The number of halogens is 3. The van der Waals surface area contributed by atoms with Gasteiger partial charge < -0.3 is 0 Å². The molecule has 0 aliphatic carbocycles. The zero-order valence-electron chi connectivity index (χ0n) is 9.49. The Hall–Kier alpha value is 0.210. The Labute approximate surface area is 109 Å². The smallest absolute Gasteiger partial charge is 0.209 e. The molecule has 17 heavy (non-hydrogen) atoms. The van der Waals surface area contributed by atoms with E-state index in [1.54, 1.807) is 0 Å². The van der Waals surface area contributed by atoms with E-state index in [1.165, 1.54) is 4.31 Å². The third kappa shape index (κ3) is 4.42. The molecule has 0 spiro atoms. The predicted octanol–water partition coefficient (Wildman–Crippen LogP) is 1.68. The molecule has 1 saturated heterocycles. The van der Waals surface area contributed by atoms with Crippen LogP contribution >= 0.6 is 15.9 Å². The Morgan fingerprint density at radius 3 is 2.29 bits per heavy atom. The van der Waals surface area contributed by atoms with Crippen LogP contribution in [-0.4, -0.2) is 55.0 Å². The average Bonchev–Trinajstić information content (AvgIpc) is 2.29. The van der Waals surface area contributed by atoms with E-state index < -0.39 is 23.2 Å². The maximum atomic E-state index is 12.4. The average molecular weight is 335 g/mol. The molecule has 1 aliphatic rings. The van der Waals surface area contributed by atoms with Crippen molar-refractivity contribution in [3.8, 4) is 0 Å². The first kappa shape index (κ1) is 15.3. The van der Waals surface area contributed by atoms with Crippen LogP contribution in [0.1, 0.15) is 19.3 Å². The second-order valence-corrected chi connectivity index (χ2v) is 6.63. The Balaban J connectivity index is 2.74. The van der Waals surface area contributed by atoms with E-state index in [0.717, 1.165) is 23.6 Å². The number of hydrogen-bond donors (Lipinski definition) is 0. The van der Waals surface area contributed by atoms with Gasteiger partial charge in [0.2, 0.25) is 0 Å². The lowest BCUT2D eigenvalue weighted by Crippen LogP contribution is -2.48. The zero-order chi connectivity index (χ0) is 12.9. The molecule has 8 heteroatoms. The van der Waals surface area contributed by atoms with Gasteiger partial charge in [0.05, 0.1) is 6.54 Å². The maximum Gasteiger partial charge on any atom is 0.282 e. The van der Waals surface area contributed by atoms with Crippen molar-refractivity contribution in [3.63, 3.8) is 0 Å². The van der Waals surface area contributed by atoms with Crippen molar-refractivity contribution in [1.29, 1.82) is 0 Å². The molecular formula is C9H17BrF2N2O2S. The van der Waals surface area contributed by atoms with E-state index in [-0.39, 0.29) is 6.54 Å². The van der Waals surface area contributed by atoms with E-state index in [2.05, 4.69) is 15.9 Å². The summed E-state index contributed by atoms with van der Waals surface area (Å²) in [6.45, 7) is 0.211. The highest BCUT2D eigenvalue weighted by Gasteiger charge is 2.31. The van der Waals surface area contributed by atoms with Crippen LogP contribution in [0.4, 0.5) is 8.78 Å². The normalized spacial score (nSPS) is 19.1. The molecule has 0 bridgehead atoms. The summed E-state index contributed by atoms with van der Waals surface area (Å²) in [6, 6.07) is 0. The molecule has 4 nitrogen and oxygen atoms in total. The molecule has 0 aromatic heterocycles. The highest BCUT2D eigenvalue weighted by molar-refractivity contribution is 9.09. The summed E-state index contributed by atoms with van der Waals surface area (Å²) in [5.41, 5.74) is 0. The Bertz CT molecular complexity index is 321. The van der Waals surface area contributed by atoms with Gasteiger partial charge in [-0.05, 0) is 12.8 Å². The van der Waals surface area contributed by atoms with Gasteiger partial charge in [-0.1, -0.05) is 22.4 Å².